The van der Waals surface area contributed by atoms with Crippen LogP contribution in [0.5, 0.6) is 0 Å². The van der Waals surface area contributed by atoms with Gasteiger partial charge in [0.25, 0.3) is 0 Å². The predicted octanol–water partition coefficient (Wildman–Crippen LogP) is 4.68. The van der Waals surface area contributed by atoms with Gasteiger partial charge in [-0.15, -0.1) is 0 Å². The summed E-state index contributed by atoms with van der Waals surface area (Å²) in [7, 11) is 0. The lowest BCUT2D eigenvalue weighted by molar-refractivity contribution is 0.902. The van der Waals surface area contributed by atoms with E-state index < -0.39 is 0 Å². The molecule has 0 aliphatic heterocycles. The number of hydrogen-bond acceptors (Lipinski definition) is 4. The van der Waals surface area contributed by atoms with E-state index in [9.17, 15) is 0 Å². The van der Waals surface area contributed by atoms with E-state index in [1.807, 2.05) is 12.1 Å². The SMILES string of the molecule is CCCc1c(NCC)ncnc1Nc1ccc(Br)c(C)c1. The van der Waals surface area contributed by atoms with Crippen molar-refractivity contribution in [3.8, 4) is 0 Å². The summed E-state index contributed by atoms with van der Waals surface area (Å²) in [6, 6.07) is 6.19. The summed E-state index contributed by atoms with van der Waals surface area (Å²) in [6.45, 7) is 7.16. The Morgan fingerprint density at radius 2 is 1.90 bits per heavy atom. The van der Waals surface area contributed by atoms with E-state index in [4.69, 9.17) is 0 Å². The molecule has 0 unspecified atom stereocenters. The first-order valence-corrected chi connectivity index (χ1v) is 8.05. The van der Waals surface area contributed by atoms with Gasteiger partial charge in [-0.25, -0.2) is 9.97 Å². The fourth-order valence-electron chi connectivity index (χ4n) is 2.19. The van der Waals surface area contributed by atoms with Crippen molar-refractivity contribution < 1.29 is 0 Å². The Hall–Kier alpha value is -1.62. The molecule has 0 aliphatic rings. The molecule has 0 spiro atoms. The Labute approximate surface area is 134 Å². The average Bonchev–Trinajstić information content (AvgIpc) is 2.46. The molecule has 112 valence electrons. The molecule has 0 amide bonds. The molecule has 21 heavy (non-hydrogen) atoms. The highest BCUT2D eigenvalue weighted by Crippen LogP contribution is 2.27. The van der Waals surface area contributed by atoms with Crippen molar-refractivity contribution >= 4 is 33.3 Å². The zero-order valence-corrected chi connectivity index (χ0v) is 14.3. The molecule has 0 bridgehead atoms. The minimum atomic E-state index is 0.852. The van der Waals surface area contributed by atoms with Gasteiger partial charge in [0.2, 0.25) is 0 Å². The minimum Gasteiger partial charge on any atom is -0.370 e. The Morgan fingerprint density at radius 1 is 1.14 bits per heavy atom. The van der Waals surface area contributed by atoms with Crippen molar-refractivity contribution in [2.75, 3.05) is 17.2 Å². The molecule has 0 fully saturated rings. The molecule has 0 aliphatic carbocycles. The molecule has 2 N–H and O–H groups in total. The average molecular weight is 349 g/mol. The number of aromatic nitrogens is 2. The lowest BCUT2D eigenvalue weighted by Gasteiger charge is -2.15. The summed E-state index contributed by atoms with van der Waals surface area (Å²) in [5.74, 6) is 1.80. The van der Waals surface area contributed by atoms with E-state index in [2.05, 4.69) is 63.4 Å². The standard InChI is InChI=1S/C16H21BrN4/c1-4-6-13-15(18-5-2)19-10-20-16(13)21-12-7-8-14(17)11(3)9-12/h7-10H,4-6H2,1-3H3,(H2,18,19,20,21). The Bertz CT molecular complexity index is 613. The van der Waals surface area contributed by atoms with E-state index in [0.29, 0.717) is 0 Å². The number of nitrogens with one attached hydrogen (secondary N) is 2. The summed E-state index contributed by atoms with van der Waals surface area (Å²) in [6.07, 6.45) is 3.60. The highest BCUT2D eigenvalue weighted by molar-refractivity contribution is 9.10. The van der Waals surface area contributed by atoms with Crippen LogP contribution >= 0.6 is 15.9 Å². The van der Waals surface area contributed by atoms with Crippen LogP contribution in [-0.2, 0) is 6.42 Å². The van der Waals surface area contributed by atoms with Crippen LogP contribution in [0.25, 0.3) is 0 Å². The minimum absolute atomic E-state index is 0.852. The molecular weight excluding hydrogens is 328 g/mol. The van der Waals surface area contributed by atoms with Gasteiger partial charge in [0.15, 0.2) is 0 Å². The van der Waals surface area contributed by atoms with Gasteiger partial charge in [0.05, 0.1) is 0 Å². The van der Waals surface area contributed by atoms with Crippen LogP contribution < -0.4 is 10.6 Å². The van der Waals surface area contributed by atoms with Crippen molar-refractivity contribution in [2.24, 2.45) is 0 Å². The topological polar surface area (TPSA) is 49.8 Å². The van der Waals surface area contributed by atoms with Crippen LogP contribution in [0.15, 0.2) is 29.0 Å². The second-order valence-electron chi connectivity index (χ2n) is 4.92. The Kier molecular flexibility index (Phi) is 5.56. The number of benzene rings is 1. The number of anilines is 3. The van der Waals surface area contributed by atoms with Crippen LogP contribution in [0.4, 0.5) is 17.3 Å². The highest BCUT2D eigenvalue weighted by Gasteiger charge is 2.10. The number of rotatable bonds is 6. The Morgan fingerprint density at radius 3 is 2.57 bits per heavy atom. The third kappa shape index (κ3) is 3.94. The first-order valence-electron chi connectivity index (χ1n) is 7.26. The van der Waals surface area contributed by atoms with Crippen molar-refractivity contribution in [3.05, 3.63) is 40.1 Å². The summed E-state index contributed by atoms with van der Waals surface area (Å²) < 4.78 is 1.11. The van der Waals surface area contributed by atoms with Crippen LogP contribution in [-0.4, -0.2) is 16.5 Å². The third-order valence-corrected chi connectivity index (χ3v) is 4.10. The summed E-state index contributed by atoms with van der Waals surface area (Å²) in [5, 5.41) is 6.72. The molecule has 4 nitrogen and oxygen atoms in total. The van der Waals surface area contributed by atoms with Gasteiger partial charge in [-0.05, 0) is 44.0 Å². The van der Waals surface area contributed by atoms with Crippen molar-refractivity contribution in [2.45, 2.75) is 33.6 Å². The van der Waals surface area contributed by atoms with Crippen molar-refractivity contribution in [3.63, 3.8) is 0 Å². The monoisotopic (exact) mass is 348 g/mol. The van der Waals surface area contributed by atoms with Crippen LogP contribution in [0.3, 0.4) is 0 Å². The second-order valence-corrected chi connectivity index (χ2v) is 5.77. The summed E-state index contributed by atoms with van der Waals surface area (Å²) in [4.78, 5) is 8.76. The molecule has 2 rings (SSSR count). The fraction of sp³-hybridized carbons (Fsp3) is 0.375. The Balaban J connectivity index is 2.33. The lowest BCUT2D eigenvalue weighted by atomic mass is 10.1. The number of halogens is 1. The molecule has 0 saturated carbocycles. The number of aryl methyl sites for hydroxylation is 1. The van der Waals surface area contributed by atoms with E-state index in [1.165, 1.54) is 5.56 Å². The second kappa shape index (κ2) is 7.41. The zero-order chi connectivity index (χ0) is 15.2. The smallest absolute Gasteiger partial charge is 0.139 e. The molecule has 1 aromatic carbocycles. The lowest BCUT2D eigenvalue weighted by Crippen LogP contribution is -2.08. The van der Waals surface area contributed by atoms with Crippen molar-refractivity contribution in [1.29, 1.82) is 0 Å². The molecule has 0 radical (unpaired) electrons. The van der Waals surface area contributed by atoms with Crippen LogP contribution in [0.2, 0.25) is 0 Å². The van der Waals surface area contributed by atoms with Crippen molar-refractivity contribution in [1.82, 2.24) is 9.97 Å². The third-order valence-electron chi connectivity index (χ3n) is 3.21. The van der Waals surface area contributed by atoms with Crippen LogP contribution in [0.1, 0.15) is 31.4 Å². The van der Waals surface area contributed by atoms with Gasteiger partial charge >= 0.3 is 0 Å². The van der Waals surface area contributed by atoms with Gasteiger partial charge in [0.1, 0.15) is 18.0 Å². The highest BCUT2D eigenvalue weighted by atomic mass is 79.9. The van der Waals surface area contributed by atoms with Crippen LogP contribution in [0, 0.1) is 6.92 Å². The molecule has 1 heterocycles. The number of hydrogen-bond donors (Lipinski definition) is 2. The normalized spacial score (nSPS) is 10.5. The molecule has 1 aromatic heterocycles. The van der Waals surface area contributed by atoms with E-state index >= 15 is 0 Å². The molecule has 5 heteroatoms. The maximum Gasteiger partial charge on any atom is 0.139 e. The van der Waals surface area contributed by atoms with Gasteiger partial charge in [-0.2, -0.15) is 0 Å². The first-order chi connectivity index (χ1) is 10.2. The van der Waals surface area contributed by atoms with E-state index in [-0.39, 0.29) is 0 Å². The largest absolute Gasteiger partial charge is 0.370 e. The zero-order valence-electron chi connectivity index (χ0n) is 12.7. The van der Waals surface area contributed by atoms with Gasteiger partial charge in [-0.3, -0.25) is 0 Å². The predicted molar refractivity (Wildman–Crippen MR) is 92.4 cm³/mol. The summed E-state index contributed by atoms with van der Waals surface area (Å²) >= 11 is 3.52. The fourth-order valence-corrected chi connectivity index (χ4v) is 2.43. The quantitative estimate of drug-likeness (QED) is 0.795. The summed E-state index contributed by atoms with van der Waals surface area (Å²) in [5.41, 5.74) is 3.37. The molecular formula is C16H21BrN4. The van der Waals surface area contributed by atoms with Gasteiger partial charge < -0.3 is 10.6 Å². The van der Waals surface area contributed by atoms with E-state index in [1.54, 1.807) is 6.33 Å². The molecule has 0 atom stereocenters. The molecule has 0 saturated heterocycles. The number of nitrogens with zero attached hydrogens (tertiary/aromatic N) is 2. The van der Waals surface area contributed by atoms with Gasteiger partial charge in [0, 0.05) is 22.3 Å². The molecule has 2 aromatic rings. The first kappa shape index (κ1) is 15.8. The van der Waals surface area contributed by atoms with E-state index in [0.717, 1.165) is 46.7 Å². The van der Waals surface area contributed by atoms with Gasteiger partial charge in [-0.1, -0.05) is 29.3 Å². The maximum absolute atomic E-state index is 4.41. The maximum atomic E-state index is 4.41.